The predicted octanol–water partition coefficient (Wildman–Crippen LogP) is 2.23. The van der Waals surface area contributed by atoms with Gasteiger partial charge in [0.15, 0.2) is 5.76 Å². The molecule has 1 aromatic carbocycles. The van der Waals surface area contributed by atoms with Crippen molar-refractivity contribution in [3.05, 3.63) is 47.9 Å². The first-order chi connectivity index (χ1) is 8.70. The van der Waals surface area contributed by atoms with E-state index in [4.69, 9.17) is 14.9 Å². The van der Waals surface area contributed by atoms with Crippen LogP contribution in [0.1, 0.15) is 16.1 Å². The van der Waals surface area contributed by atoms with Gasteiger partial charge >= 0.3 is 5.97 Å². The van der Waals surface area contributed by atoms with Crippen LogP contribution in [0.4, 0.5) is 5.69 Å². The zero-order valence-electron chi connectivity index (χ0n) is 9.88. The van der Waals surface area contributed by atoms with Crippen molar-refractivity contribution in [2.45, 2.75) is 6.61 Å². The number of nitrogen functional groups attached to an aromatic ring is 1. The summed E-state index contributed by atoms with van der Waals surface area (Å²) in [7, 11) is 1.32. The average Bonchev–Trinajstić information content (AvgIpc) is 2.84. The highest BCUT2D eigenvalue weighted by atomic mass is 16.5. The molecule has 0 aliphatic carbocycles. The SMILES string of the molecule is COC(=O)c1ccoc1COc1cccc(N)c1. The topological polar surface area (TPSA) is 74.7 Å². The molecule has 0 atom stereocenters. The smallest absolute Gasteiger partial charge is 0.341 e. The van der Waals surface area contributed by atoms with Gasteiger partial charge in [0.2, 0.25) is 0 Å². The van der Waals surface area contributed by atoms with Crippen LogP contribution in [0.25, 0.3) is 0 Å². The average molecular weight is 247 g/mol. The predicted molar refractivity (Wildman–Crippen MR) is 65.2 cm³/mol. The molecule has 1 aromatic heterocycles. The summed E-state index contributed by atoms with van der Waals surface area (Å²) in [5, 5.41) is 0. The van der Waals surface area contributed by atoms with Crippen molar-refractivity contribution in [2.24, 2.45) is 0 Å². The van der Waals surface area contributed by atoms with Crippen LogP contribution >= 0.6 is 0 Å². The van der Waals surface area contributed by atoms with Crippen molar-refractivity contribution in [1.29, 1.82) is 0 Å². The quantitative estimate of drug-likeness (QED) is 0.662. The van der Waals surface area contributed by atoms with Gasteiger partial charge in [0.05, 0.1) is 13.4 Å². The molecule has 0 bridgehead atoms. The Morgan fingerprint density at radius 3 is 2.94 bits per heavy atom. The van der Waals surface area contributed by atoms with Gasteiger partial charge in [-0.15, -0.1) is 0 Å². The molecule has 5 nitrogen and oxygen atoms in total. The molecule has 18 heavy (non-hydrogen) atoms. The number of rotatable bonds is 4. The Morgan fingerprint density at radius 1 is 1.39 bits per heavy atom. The molecule has 0 amide bonds. The number of benzene rings is 1. The Labute approximate surface area is 104 Å². The second-order valence-corrected chi connectivity index (χ2v) is 3.61. The lowest BCUT2D eigenvalue weighted by molar-refractivity contribution is 0.0595. The molecule has 1 heterocycles. The summed E-state index contributed by atoms with van der Waals surface area (Å²) >= 11 is 0. The number of furan rings is 1. The summed E-state index contributed by atoms with van der Waals surface area (Å²) in [4.78, 5) is 11.4. The molecule has 2 aromatic rings. The first-order valence-electron chi connectivity index (χ1n) is 5.33. The Kier molecular flexibility index (Phi) is 3.52. The standard InChI is InChI=1S/C13H13NO4/c1-16-13(15)11-5-6-17-12(11)8-18-10-4-2-3-9(14)7-10/h2-7H,8,14H2,1H3. The summed E-state index contributed by atoms with van der Waals surface area (Å²) in [6.45, 7) is 0.140. The number of anilines is 1. The summed E-state index contributed by atoms with van der Waals surface area (Å²) in [5.41, 5.74) is 6.60. The van der Waals surface area contributed by atoms with Gasteiger partial charge in [-0.05, 0) is 18.2 Å². The number of hydrogen-bond donors (Lipinski definition) is 1. The van der Waals surface area contributed by atoms with Crippen LogP contribution in [0.2, 0.25) is 0 Å². The molecule has 0 saturated heterocycles. The van der Waals surface area contributed by atoms with Crippen LogP contribution in [0.5, 0.6) is 5.75 Å². The summed E-state index contributed by atoms with van der Waals surface area (Å²) in [6.07, 6.45) is 1.42. The van der Waals surface area contributed by atoms with E-state index in [2.05, 4.69) is 4.74 Å². The normalized spacial score (nSPS) is 10.1. The molecular weight excluding hydrogens is 234 g/mol. The van der Waals surface area contributed by atoms with Gasteiger partial charge < -0.3 is 19.6 Å². The number of hydrogen-bond acceptors (Lipinski definition) is 5. The molecule has 5 heteroatoms. The maximum Gasteiger partial charge on any atom is 0.341 e. The molecule has 0 unspecified atom stereocenters. The first-order valence-corrected chi connectivity index (χ1v) is 5.33. The fraction of sp³-hybridized carbons (Fsp3) is 0.154. The molecular formula is C13H13NO4. The van der Waals surface area contributed by atoms with Crippen molar-refractivity contribution >= 4 is 11.7 Å². The number of nitrogens with two attached hydrogens (primary N) is 1. The van der Waals surface area contributed by atoms with E-state index in [1.54, 1.807) is 30.3 Å². The van der Waals surface area contributed by atoms with Gasteiger partial charge in [-0.3, -0.25) is 0 Å². The van der Waals surface area contributed by atoms with Gasteiger partial charge in [0.25, 0.3) is 0 Å². The Hall–Kier alpha value is -2.43. The Morgan fingerprint density at radius 2 is 2.22 bits per heavy atom. The van der Waals surface area contributed by atoms with E-state index in [1.807, 2.05) is 0 Å². The van der Waals surface area contributed by atoms with Crippen molar-refractivity contribution in [2.75, 3.05) is 12.8 Å². The third-order valence-electron chi connectivity index (χ3n) is 2.38. The highest BCUT2D eigenvalue weighted by Gasteiger charge is 2.15. The zero-order chi connectivity index (χ0) is 13.0. The monoisotopic (exact) mass is 247 g/mol. The number of esters is 1. The third-order valence-corrected chi connectivity index (χ3v) is 2.38. The van der Waals surface area contributed by atoms with E-state index in [0.29, 0.717) is 22.8 Å². The fourth-order valence-corrected chi connectivity index (χ4v) is 1.50. The largest absolute Gasteiger partial charge is 0.486 e. The van der Waals surface area contributed by atoms with Gasteiger partial charge in [-0.2, -0.15) is 0 Å². The second-order valence-electron chi connectivity index (χ2n) is 3.61. The fourth-order valence-electron chi connectivity index (χ4n) is 1.50. The van der Waals surface area contributed by atoms with Crippen molar-refractivity contribution in [1.82, 2.24) is 0 Å². The van der Waals surface area contributed by atoms with Crippen LogP contribution in [0.15, 0.2) is 41.0 Å². The minimum Gasteiger partial charge on any atom is -0.486 e. The van der Waals surface area contributed by atoms with Crippen LogP contribution in [-0.2, 0) is 11.3 Å². The molecule has 94 valence electrons. The van der Waals surface area contributed by atoms with E-state index < -0.39 is 5.97 Å². The molecule has 0 radical (unpaired) electrons. The molecule has 2 N–H and O–H groups in total. The number of ether oxygens (including phenoxy) is 2. The summed E-state index contributed by atoms with van der Waals surface area (Å²) in [5.74, 6) is 0.585. The minimum absolute atomic E-state index is 0.140. The zero-order valence-corrected chi connectivity index (χ0v) is 9.88. The van der Waals surface area contributed by atoms with E-state index in [0.717, 1.165) is 0 Å². The Balaban J connectivity index is 2.07. The lowest BCUT2D eigenvalue weighted by atomic mass is 10.2. The van der Waals surface area contributed by atoms with Crippen LogP contribution in [-0.4, -0.2) is 13.1 Å². The summed E-state index contributed by atoms with van der Waals surface area (Å²) in [6, 6.07) is 8.56. The van der Waals surface area contributed by atoms with Crippen molar-refractivity contribution < 1.29 is 18.7 Å². The lowest BCUT2D eigenvalue weighted by Gasteiger charge is -2.06. The number of carbonyl (C=O) groups excluding carboxylic acids is 1. The Bertz CT molecular complexity index is 547. The molecule has 0 aliphatic heterocycles. The highest BCUT2D eigenvalue weighted by molar-refractivity contribution is 5.90. The summed E-state index contributed by atoms with van der Waals surface area (Å²) < 4.78 is 15.3. The van der Waals surface area contributed by atoms with E-state index in [-0.39, 0.29) is 6.61 Å². The van der Waals surface area contributed by atoms with Crippen LogP contribution in [0, 0.1) is 0 Å². The number of carbonyl (C=O) groups is 1. The van der Waals surface area contributed by atoms with Gasteiger partial charge in [-0.25, -0.2) is 4.79 Å². The van der Waals surface area contributed by atoms with E-state index in [9.17, 15) is 4.79 Å². The number of methoxy groups -OCH3 is 1. The molecule has 0 aliphatic rings. The lowest BCUT2D eigenvalue weighted by Crippen LogP contribution is -2.05. The van der Waals surface area contributed by atoms with Gasteiger partial charge in [-0.1, -0.05) is 6.07 Å². The van der Waals surface area contributed by atoms with Crippen molar-refractivity contribution in [3.63, 3.8) is 0 Å². The van der Waals surface area contributed by atoms with Gasteiger partial charge in [0, 0.05) is 11.8 Å². The maximum atomic E-state index is 11.4. The minimum atomic E-state index is -0.449. The van der Waals surface area contributed by atoms with Crippen LogP contribution in [0.3, 0.4) is 0 Å². The second kappa shape index (κ2) is 5.27. The highest BCUT2D eigenvalue weighted by Crippen LogP contribution is 2.18. The van der Waals surface area contributed by atoms with E-state index >= 15 is 0 Å². The molecule has 0 saturated carbocycles. The van der Waals surface area contributed by atoms with E-state index in [1.165, 1.54) is 13.4 Å². The molecule has 0 fully saturated rings. The molecule has 2 rings (SSSR count). The third kappa shape index (κ3) is 2.63. The van der Waals surface area contributed by atoms with Crippen molar-refractivity contribution in [3.8, 4) is 5.75 Å². The maximum absolute atomic E-state index is 11.4. The first kappa shape index (κ1) is 12.0. The van der Waals surface area contributed by atoms with Gasteiger partial charge in [0.1, 0.15) is 17.9 Å². The molecule has 0 spiro atoms. The van der Waals surface area contributed by atoms with Crippen LogP contribution < -0.4 is 10.5 Å².